The summed E-state index contributed by atoms with van der Waals surface area (Å²) >= 11 is 1.16. The third-order valence-electron chi connectivity index (χ3n) is 1.63. The second-order valence-electron chi connectivity index (χ2n) is 3.09. The van der Waals surface area contributed by atoms with E-state index in [4.69, 9.17) is 5.11 Å². The lowest BCUT2D eigenvalue weighted by atomic mass is 10.2. The van der Waals surface area contributed by atoms with E-state index >= 15 is 0 Å². The number of hydrogen-bond acceptors (Lipinski definition) is 4. The van der Waals surface area contributed by atoms with E-state index in [0.717, 1.165) is 17.1 Å². The van der Waals surface area contributed by atoms with Gasteiger partial charge in [0.25, 0.3) is 0 Å². The summed E-state index contributed by atoms with van der Waals surface area (Å²) in [5.74, 6) is -0.944. The van der Waals surface area contributed by atoms with Crippen molar-refractivity contribution in [3.8, 4) is 0 Å². The largest absolute Gasteiger partial charge is 0.478 e. The first-order valence-electron chi connectivity index (χ1n) is 4.10. The number of rotatable bonds is 4. The summed E-state index contributed by atoms with van der Waals surface area (Å²) in [4.78, 5) is 10.9. The van der Waals surface area contributed by atoms with Gasteiger partial charge in [-0.3, -0.25) is 0 Å². The Labute approximate surface area is 86.4 Å². The van der Waals surface area contributed by atoms with Crippen LogP contribution in [0.3, 0.4) is 0 Å². The fraction of sp³-hybridized carbons (Fsp3) is 0.333. The third-order valence-corrected chi connectivity index (χ3v) is 2.52. The summed E-state index contributed by atoms with van der Waals surface area (Å²) in [7, 11) is 0. The molecule has 0 unspecified atom stereocenters. The van der Waals surface area contributed by atoms with E-state index in [-0.39, 0.29) is 5.56 Å². The number of nitrogens with zero attached hydrogens (tertiary/aromatic N) is 1. The van der Waals surface area contributed by atoms with Gasteiger partial charge in [-0.15, -0.1) is 0 Å². The van der Waals surface area contributed by atoms with E-state index in [0.29, 0.717) is 17.2 Å². The Morgan fingerprint density at radius 2 is 2.36 bits per heavy atom. The predicted octanol–water partition coefficient (Wildman–Crippen LogP) is 2.14. The van der Waals surface area contributed by atoms with Gasteiger partial charge in [-0.25, -0.2) is 4.79 Å². The summed E-state index contributed by atoms with van der Waals surface area (Å²) in [5, 5.41) is 12.5. The molecule has 5 heteroatoms. The van der Waals surface area contributed by atoms with E-state index < -0.39 is 5.97 Å². The van der Waals surface area contributed by atoms with E-state index in [1.54, 1.807) is 6.92 Å². The zero-order chi connectivity index (χ0) is 10.7. The lowest BCUT2D eigenvalue weighted by molar-refractivity contribution is 0.0697. The van der Waals surface area contributed by atoms with Crippen LogP contribution in [0.15, 0.2) is 12.2 Å². The Morgan fingerprint density at radius 1 is 1.71 bits per heavy atom. The molecule has 0 aliphatic rings. The van der Waals surface area contributed by atoms with Gasteiger partial charge >= 0.3 is 5.97 Å². The molecule has 0 spiro atoms. The van der Waals surface area contributed by atoms with E-state index in [9.17, 15) is 4.79 Å². The molecule has 0 radical (unpaired) electrons. The normalized spacial score (nSPS) is 9.86. The van der Waals surface area contributed by atoms with Crippen LogP contribution in [0.2, 0.25) is 0 Å². The van der Waals surface area contributed by atoms with Gasteiger partial charge < -0.3 is 10.4 Å². The van der Waals surface area contributed by atoms with Crippen molar-refractivity contribution in [3.05, 3.63) is 23.4 Å². The molecule has 14 heavy (non-hydrogen) atoms. The molecule has 76 valence electrons. The molecule has 1 heterocycles. The van der Waals surface area contributed by atoms with Crippen molar-refractivity contribution >= 4 is 22.5 Å². The van der Waals surface area contributed by atoms with Crippen LogP contribution in [-0.4, -0.2) is 22.0 Å². The Bertz CT molecular complexity index is 371. The second kappa shape index (κ2) is 4.23. The van der Waals surface area contributed by atoms with Crippen LogP contribution < -0.4 is 5.32 Å². The fourth-order valence-electron chi connectivity index (χ4n) is 0.973. The first-order chi connectivity index (χ1) is 6.52. The molecule has 0 atom stereocenters. The quantitative estimate of drug-likeness (QED) is 0.750. The van der Waals surface area contributed by atoms with Crippen molar-refractivity contribution in [1.29, 1.82) is 0 Å². The van der Waals surface area contributed by atoms with Crippen LogP contribution in [-0.2, 0) is 0 Å². The molecule has 1 aromatic heterocycles. The van der Waals surface area contributed by atoms with Crippen molar-refractivity contribution in [1.82, 2.24) is 4.37 Å². The SMILES string of the molecule is C=C(C)CNc1snc(C)c1C(=O)O. The summed E-state index contributed by atoms with van der Waals surface area (Å²) in [6.45, 7) is 7.86. The Balaban J connectivity index is 2.86. The van der Waals surface area contributed by atoms with Crippen LogP contribution in [0.1, 0.15) is 23.0 Å². The van der Waals surface area contributed by atoms with Gasteiger partial charge in [0.15, 0.2) is 0 Å². The number of aryl methyl sites for hydroxylation is 1. The minimum absolute atomic E-state index is 0.260. The average Bonchev–Trinajstić information content (AvgIpc) is 2.43. The van der Waals surface area contributed by atoms with Crippen LogP contribution >= 0.6 is 11.5 Å². The highest BCUT2D eigenvalue weighted by atomic mass is 32.1. The number of aromatic carboxylic acids is 1. The zero-order valence-corrected chi connectivity index (χ0v) is 8.94. The number of nitrogens with one attached hydrogen (secondary N) is 1. The average molecular weight is 212 g/mol. The highest BCUT2D eigenvalue weighted by Crippen LogP contribution is 2.24. The molecule has 0 saturated carbocycles. The number of hydrogen-bond donors (Lipinski definition) is 2. The van der Waals surface area contributed by atoms with Gasteiger partial charge in [-0.1, -0.05) is 12.2 Å². The molecular weight excluding hydrogens is 200 g/mol. The molecule has 0 aliphatic carbocycles. The second-order valence-corrected chi connectivity index (χ2v) is 3.86. The van der Waals surface area contributed by atoms with Crippen molar-refractivity contribution in [2.75, 3.05) is 11.9 Å². The van der Waals surface area contributed by atoms with E-state index in [1.165, 1.54) is 0 Å². The molecule has 0 bridgehead atoms. The molecule has 0 amide bonds. The lowest BCUT2D eigenvalue weighted by Crippen LogP contribution is -2.06. The minimum Gasteiger partial charge on any atom is -0.478 e. The Kier molecular flexibility index (Phi) is 3.24. The van der Waals surface area contributed by atoms with Gasteiger partial charge in [0.2, 0.25) is 0 Å². The maximum Gasteiger partial charge on any atom is 0.340 e. The van der Waals surface area contributed by atoms with Gasteiger partial charge in [0.05, 0.1) is 5.69 Å². The number of anilines is 1. The monoisotopic (exact) mass is 212 g/mol. The van der Waals surface area contributed by atoms with Crippen molar-refractivity contribution < 1.29 is 9.90 Å². The van der Waals surface area contributed by atoms with Crippen LogP contribution in [0.25, 0.3) is 0 Å². The molecule has 1 aromatic rings. The molecule has 0 fully saturated rings. The Morgan fingerprint density at radius 3 is 2.86 bits per heavy atom. The maximum atomic E-state index is 10.9. The fourth-order valence-corrected chi connectivity index (χ4v) is 1.76. The highest BCUT2D eigenvalue weighted by molar-refractivity contribution is 7.10. The van der Waals surface area contributed by atoms with Gasteiger partial charge in [-0.05, 0) is 25.4 Å². The summed E-state index contributed by atoms with van der Waals surface area (Å²) in [6, 6.07) is 0. The first-order valence-corrected chi connectivity index (χ1v) is 4.87. The minimum atomic E-state index is -0.944. The highest BCUT2D eigenvalue weighted by Gasteiger charge is 2.16. The molecule has 4 nitrogen and oxygen atoms in total. The smallest absolute Gasteiger partial charge is 0.340 e. The van der Waals surface area contributed by atoms with Crippen molar-refractivity contribution in [2.24, 2.45) is 0 Å². The number of carbonyl (C=O) groups is 1. The van der Waals surface area contributed by atoms with Crippen molar-refractivity contribution in [3.63, 3.8) is 0 Å². The van der Waals surface area contributed by atoms with Crippen LogP contribution in [0.4, 0.5) is 5.00 Å². The number of aromatic nitrogens is 1. The topological polar surface area (TPSA) is 62.2 Å². The zero-order valence-electron chi connectivity index (χ0n) is 8.13. The van der Waals surface area contributed by atoms with E-state index in [1.807, 2.05) is 6.92 Å². The maximum absolute atomic E-state index is 10.9. The molecule has 0 saturated heterocycles. The molecule has 0 aliphatic heterocycles. The standard InChI is InChI=1S/C9H12N2O2S/c1-5(2)4-10-8-7(9(12)13)6(3)11-14-8/h10H,1,4H2,2-3H3,(H,12,13). The number of carboxylic acid groups (broad SMARTS) is 1. The number of carboxylic acids is 1. The van der Waals surface area contributed by atoms with E-state index in [2.05, 4.69) is 16.3 Å². The first kappa shape index (κ1) is 10.7. The van der Waals surface area contributed by atoms with Crippen LogP contribution in [0.5, 0.6) is 0 Å². The predicted molar refractivity (Wildman–Crippen MR) is 57.1 cm³/mol. The molecule has 1 rings (SSSR count). The van der Waals surface area contributed by atoms with Crippen molar-refractivity contribution in [2.45, 2.75) is 13.8 Å². The van der Waals surface area contributed by atoms with Gasteiger partial charge in [0.1, 0.15) is 10.6 Å². The molecule has 0 aromatic carbocycles. The Hall–Kier alpha value is -1.36. The van der Waals surface area contributed by atoms with Gasteiger partial charge in [-0.2, -0.15) is 4.37 Å². The third kappa shape index (κ3) is 2.32. The summed E-state index contributed by atoms with van der Waals surface area (Å²) < 4.78 is 3.98. The lowest BCUT2D eigenvalue weighted by Gasteiger charge is -2.03. The summed E-state index contributed by atoms with van der Waals surface area (Å²) in [5.41, 5.74) is 1.76. The molecule has 2 N–H and O–H groups in total. The van der Waals surface area contributed by atoms with Crippen LogP contribution in [0, 0.1) is 6.92 Å². The van der Waals surface area contributed by atoms with Gasteiger partial charge in [0, 0.05) is 6.54 Å². The summed E-state index contributed by atoms with van der Waals surface area (Å²) in [6.07, 6.45) is 0. The molecular formula is C9H12N2O2S.